The zero-order chi connectivity index (χ0) is 26.1. The lowest BCUT2D eigenvalue weighted by molar-refractivity contribution is -0.145. The van der Waals surface area contributed by atoms with E-state index in [0.29, 0.717) is 6.42 Å². The maximum absolute atomic E-state index is 12.7. The van der Waals surface area contributed by atoms with Crippen molar-refractivity contribution in [3.8, 4) is 0 Å². The van der Waals surface area contributed by atoms with E-state index in [1.165, 1.54) is 11.8 Å². The number of nitrogens with zero attached hydrogens (tertiary/aromatic N) is 1. The Morgan fingerprint density at radius 2 is 1.84 bits per heavy atom. The van der Waals surface area contributed by atoms with E-state index in [1.54, 1.807) is 12.1 Å². The van der Waals surface area contributed by atoms with Gasteiger partial charge in [0.05, 0.1) is 18.7 Å². The lowest BCUT2D eigenvalue weighted by Crippen LogP contribution is -2.55. The largest absolute Gasteiger partial charge is 0.460 e. The second kappa shape index (κ2) is 14.5. The number of esters is 1. The van der Waals surface area contributed by atoms with Gasteiger partial charge in [0.25, 0.3) is 0 Å². The monoisotopic (exact) mass is 539 g/mol. The van der Waals surface area contributed by atoms with Crippen LogP contribution in [0.2, 0.25) is 0 Å². The lowest BCUT2D eigenvalue weighted by Gasteiger charge is -2.27. The summed E-state index contributed by atoms with van der Waals surface area (Å²) in [6.07, 6.45) is 0.787. The van der Waals surface area contributed by atoms with Crippen molar-refractivity contribution in [2.45, 2.75) is 57.0 Å². The molecule has 4 amide bonds. The molecule has 204 valence electrons. The maximum Gasteiger partial charge on any atom is 0.325 e. The fourth-order valence-corrected chi connectivity index (χ4v) is 4.17. The Bertz CT molecular complexity index is 958. The molecule has 0 aromatic heterocycles. The van der Waals surface area contributed by atoms with Crippen molar-refractivity contribution in [1.29, 1.82) is 0 Å². The number of carbonyl (C=O) groups is 5. The number of halogens is 1. The Balaban J connectivity index is 0.00000481. The number of ether oxygens (including phenoxy) is 1. The first-order chi connectivity index (χ1) is 17.3. The second-order valence-corrected chi connectivity index (χ2v) is 8.85. The molecule has 3 rings (SSSR count). The summed E-state index contributed by atoms with van der Waals surface area (Å²) in [5.41, 5.74) is 0.813. The van der Waals surface area contributed by atoms with E-state index in [-0.39, 0.29) is 50.5 Å². The number of hydrogen-bond acceptors (Lipinski definition) is 8. The smallest absolute Gasteiger partial charge is 0.325 e. The number of rotatable bonds is 10. The Hall–Kier alpha value is -3.22. The molecule has 2 saturated heterocycles. The van der Waals surface area contributed by atoms with Crippen molar-refractivity contribution in [1.82, 2.24) is 26.2 Å². The molecule has 13 heteroatoms. The van der Waals surface area contributed by atoms with Crippen molar-refractivity contribution < 1.29 is 33.8 Å². The molecule has 2 aliphatic heterocycles. The highest BCUT2D eigenvalue weighted by Gasteiger charge is 2.43. The van der Waals surface area contributed by atoms with Crippen molar-refractivity contribution in [3.63, 3.8) is 0 Å². The van der Waals surface area contributed by atoms with Gasteiger partial charge in [-0.05, 0) is 38.3 Å². The number of nitrogens with one attached hydrogen (secondary N) is 4. The number of amides is 4. The minimum absolute atomic E-state index is 0. The summed E-state index contributed by atoms with van der Waals surface area (Å²) in [6, 6.07) is 6.67. The molecule has 0 aliphatic carbocycles. The van der Waals surface area contributed by atoms with Crippen LogP contribution in [0.5, 0.6) is 0 Å². The number of carbonyl (C=O) groups excluding carboxylic acids is 5. The molecule has 0 radical (unpaired) electrons. The maximum atomic E-state index is 12.7. The molecule has 1 aromatic rings. The molecule has 1 unspecified atom stereocenters. The van der Waals surface area contributed by atoms with Gasteiger partial charge < -0.3 is 36.0 Å². The molecular formula is C24H34ClN5O7. The van der Waals surface area contributed by atoms with Crippen LogP contribution < -0.4 is 21.3 Å². The van der Waals surface area contributed by atoms with E-state index in [1.807, 2.05) is 18.2 Å². The van der Waals surface area contributed by atoms with Gasteiger partial charge in [-0.2, -0.15) is 0 Å². The molecule has 12 nitrogen and oxygen atoms in total. The minimum Gasteiger partial charge on any atom is -0.460 e. The Morgan fingerprint density at radius 1 is 1.11 bits per heavy atom. The predicted molar refractivity (Wildman–Crippen MR) is 134 cm³/mol. The van der Waals surface area contributed by atoms with E-state index < -0.39 is 48.4 Å². The van der Waals surface area contributed by atoms with Crippen LogP contribution in [0.1, 0.15) is 31.7 Å². The first-order valence-corrected chi connectivity index (χ1v) is 12.0. The van der Waals surface area contributed by atoms with E-state index in [4.69, 9.17) is 4.74 Å². The summed E-state index contributed by atoms with van der Waals surface area (Å²) in [5, 5.41) is 20.6. The van der Waals surface area contributed by atoms with E-state index in [2.05, 4.69) is 21.3 Å². The van der Waals surface area contributed by atoms with Crippen molar-refractivity contribution >= 4 is 42.0 Å². The molecular weight excluding hydrogens is 506 g/mol. The van der Waals surface area contributed by atoms with Crippen molar-refractivity contribution in [3.05, 3.63) is 35.9 Å². The third-order valence-corrected chi connectivity index (χ3v) is 6.12. The molecule has 2 heterocycles. The highest BCUT2D eigenvalue weighted by Crippen LogP contribution is 2.21. The van der Waals surface area contributed by atoms with E-state index >= 15 is 0 Å². The summed E-state index contributed by atoms with van der Waals surface area (Å²) >= 11 is 0. The predicted octanol–water partition coefficient (Wildman–Crippen LogP) is -1.40. The third kappa shape index (κ3) is 8.69. The topological polar surface area (TPSA) is 166 Å². The first-order valence-electron chi connectivity index (χ1n) is 12.0. The lowest BCUT2D eigenvalue weighted by atomic mass is 10.1. The number of aliphatic hydroxyl groups is 1. The molecule has 0 saturated carbocycles. The van der Waals surface area contributed by atoms with Gasteiger partial charge in [0.2, 0.25) is 23.6 Å². The van der Waals surface area contributed by atoms with Crippen LogP contribution in [-0.2, 0) is 35.3 Å². The van der Waals surface area contributed by atoms with Crippen LogP contribution in [0.15, 0.2) is 30.3 Å². The molecule has 37 heavy (non-hydrogen) atoms. The summed E-state index contributed by atoms with van der Waals surface area (Å²) in [4.78, 5) is 63.0. The van der Waals surface area contributed by atoms with Gasteiger partial charge in [0.15, 0.2) is 0 Å². The number of benzene rings is 1. The number of likely N-dealkylation sites (tertiary alicyclic amines) is 1. The zero-order valence-electron chi connectivity index (χ0n) is 20.6. The summed E-state index contributed by atoms with van der Waals surface area (Å²) in [5.74, 6) is -2.74. The van der Waals surface area contributed by atoms with E-state index in [9.17, 15) is 29.1 Å². The molecule has 5 N–H and O–H groups in total. The summed E-state index contributed by atoms with van der Waals surface area (Å²) in [7, 11) is 0. The van der Waals surface area contributed by atoms with Gasteiger partial charge in [-0.1, -0.05) is 30.3 Å². The standard InChI is InChI=1S/C24H33N5O7.ClH/c1-15(22(33)27-13-20(32)36-14-16-6-3-2-4-7-16)28-19(31)12-26-23(34)21-18(30)9-11-29(21)24(35)17-8-5-10-25-17;/h2-4,6-7,15,17-18,21,25,30H,5,8-14H2,1H3,(H,26,34)(H,27,33)(H,28,31);1H/t15-,17-,18?,21-;/m0./s1. The van der Waals surface area contributed by atoms with Crippen LogP contribution in [0.4, 0.5) is 0 Å². The van der Waals surface area contributed by atoms with Gasteiger partial charge in [0, 0.05) is 6.54 Å². The van der Waals surface area contributed by atoms with Crippen molar-refractivity contribution in [2.75, 3.05) is 26.2 Å². The Kier molecular flexibility index (Phi) is 11.8. The average molecular weight is 540 g/mol. The third-order valence-electron chi connectivity index (χ3n) is 6.12. The van der Waals surface area contributed by atoms with E-state index in [0.717, 1.165) is 18.5 Å². The van der Waals surface area contributed by atoms with Gasteiger partial charge >= 0.3 is 5.97 Å². The minimum atomic E-state index is -1.07. The molecule has 2 fully saturated rings. The fourth-order valence-electron chi connectivity index (χ4n) is 4.17. The fraction of sp³-hybridized carbons (Fsp3) is 0.542. The number of aliphatic hydroxyl groups excluding tert-OH is 1. The quantitative estimate of drug-likeness (QED) is 0.226. The van der Waals surface area contributed by atoms with Gasteiger partial charge in [-0.25, -0.2) is 0 Å². The van der Waals surface area contributed by atoms with Crippen molar-refractivity contribution in [2.24, 2.45) is 0 Å². The molecule has 0 spiro atoms. The normalized spacial score (nSPS) is 21.4. The SMILES string of the molecule is C[C@H](NC(=O)CNC(=O)[C@@H]1C(O)CCN1C(=O)[C@@H]1CCCN1)C(=O)NCC(=O)OCc1ccccc1.Cl. The summed E-state index contributed by atoms with van der Waals surface area (Å²) in [6.45, 7) is 1.69. The van der Waals surface area contributed by atoms with Crippen LogP contribution in [0.25, 0.3) is 0 Å². The highest BCUT2D eigenvalue weighted by molar-refractivity contribution is 5.94. The van der Waals surface area contributed by atoms with Gasteiger partial charge in [0.1, 0.15) is 25.2 Å². The molecule has 0 bridgehead atoms. The van der Waals surface area contributed by atoms with Crippen LogP contribution in [0, 0.1) is 0 Å². The zero-order valence-corrected chi connectivity index (χ0v) is 21.4. The summed E-state index contributed by atoms with van der Waals surface area (Å²) < 4.78 is 5.08. The van der Waals surface area contributed by atoms with Gasteiger partial charge in [-0.3, -0.25) is 24.0 Å². The molecule has 4 atom stereocenters. The first kappa shape index (κ1) is 30.0. The molecule has 1 aromatic carbocycles. The second-order valence-electron chi connectivity index (χ2n) is 8.85. The average Bonchev–Trinajstić information content (AvgIpc) is 3.55. The highest BCUT2D eigenvalue weighted by atomic mass is 35.5. The Morgan fingerprint density at radius 3 is 2.51 bits per heavy atom. The van der Waals surface area contributed by atoms with Crippen LogP contribution >= 0.6 is 12.4 Å². The number of hydrogen-bond donors (Lipinski definition) is 5. The Labute approximate surface area is 221 Å². The molecule has 2 aliphatic rings. The van der Waals surface area contributed by atoms with Crippen LogP contribution in [-0.4, -0.2) is 90.0 Å². The van der Waals surface area contributed by atoms with Gasteiger partial charge in [-0.15, -0.1) is 12.4 Å². The van der Waals surface area contributed by atoms with Crippen LogP contribution in [0.3, 0.4) is 0 Å².